The van der Waals surface area contributed by atoms with Crippen LogP contribution in [0.25, 0.3) is 16.7 Å². The van der Waals surface area contributed by atoms with Gasteiger partial charge >= 0.3 is 5.69 Å². The number of benzene rings is 2. The zero-order valence-electron chi connectivity index (χ0n) is 19.8. The molecule has 1 saturated heterocycles. The Bertz CT molecular complexity index is 1490. The highest BCUT2D eigenvalue weighted by Crippen LogP contribution is 2.36. The van der Waals surface area contributed by atoms with Crippen molar-refractivity contribution in [1.82, 2.24) is 19.0 Å². The number of methoxy groups -OCH3 is 1. The number of nitrogens with zero attached hydrogens (tertiary/aromatic N) is 4. The molecule has 0 radical (unpaired) electrons. The number of imidazole rings is 1. The van der Waals surface area contributed by atoms with E-state index in [1.807, 2.05) is 18.2 Å². The number of halogens is 1. The zero-order valence-corrected chi connectivity index (χ0v) is 20.5. The number of hydrogen-bond donors (Lipinski definition) is 0. The summed E-state index contributed by atoms with van der Waals surface area (Å²) >= 11 is 6.35. The third-order valence-electron chi connectivity index (χ3n) is 6.39. The van der Waals surface area contributed by atoms with Crippen LogP contribution in [-0.2, 0) is 4.79 Å². The van der Waals surface area contributed by atoms with Gasteiger partial charge in [-0.25, -0.2) is 4.79 Å². The smallest absolute Gasteiger partial charge is 0.334 e. The van der Waals surface area contributed by atoms with Crippen LogP contribution in [0.2, 0.25) is 5.02 Å². The molecule has 0 aliphatic carbocycles. The number of hydrogen-bond acceptors (Lipinski definition) is 5. The van der Waals surface area contributed by atoms with E-state index in [0.717, 1.165) is 18.4 Å². The summed E-state index contributed by atoms with van der Waals surface area (Å²) in [7, 11) is 1.55. The maximum atomic E-state index is 13.7. The minimum absolute atomic E-state index is 0.120. The fourth-order valence-electron chi connectivity index (χ4n) is 4.68. The van der Waals surface area contributed by atoms with Gasteiger partial charge in [-0.1, -0.05) is 24.2 Å². The predicted octanol–water partition coefficient (Wildman–Crippen LogP) is 4.99. The van der Waals surface area contributed by atoms with Gasteiger partial charge in [0.1, 0.15) is 22.3 Å². The molecule has 0 bridgehead atoms. The molecule has 5 rings (SSSR count). The molecular formula is C27H25ClN4O4. The SMILES string of the molecule is C=CC(=O)N1CCCC(n2c(=O)n(-c3ccc(Oc4cccc(OC)c4Cl)cc3)c3cnccc32)C1. The third-order valence-corrected chi connectivity index (χ3v) is 6.77. The van der Waals surface area contributed by atoms with E-state index in [0.29, 0.717) is 46.6 Å². The van der Waals surface area contributed by atoms with Gasteiger partial charge in [-0.3, -0.25) is 18.9 Å². The molecule has 184 valence electrons. The van der Waals surface area contributed by atoms with Gasteiger partial charge in [-0.15, -0.1) is 0 Å². The topological polar surface area (TPSA) is 78.6 Å². The molecule has 1 amide bonds. The standard InChI is InChI=1S/C27H25ClN4O4/c1-3-25(33)30-15-5-6-19(17-30)32-21-13-14-29-16-22(21)31(27(32)34)18-9-11-20(12-10-18)36-24-8-4-7-23(35-2)26(24)28/h3-4,7-14,16,19H,1,5-6,15,17H2,2H3. The van der Waals surface area contributed by atoms with Crippen LogP contribution in [0.4, 0.5) is 0 Å². The molecular weight excluding hydrogens is 480 g/mol. The maximum absolute atomic E-state index is 13.7. The first kappa shape index (κ1) is 23.7. The highest BCUT2D eigenvalue weighted by atomic mass is 35.5. The van der Waals surface area contributed by atoms with Crippen molar-refractivity contribution < 1.29 is 14.3 Å². The summed E-state index contributed by atoms with van der Waals surface area (Å²) in [5.41, 5.74) is 1.96. The van der Waals surface area contributed by atoms with E-state index in [-0.39, 0.29) is 17.6 Å². The first-order valence-corrected chi connectivity index (χ1v) is 12.0. The number of aromatic nitrogens is 3. The Balaban J connectivity index is 1.50. The van der Waals surface area contributed by atoms with Crippen molar-refractivity contribution in [1.29, 1.82) is 0 Å². The Morgan fingerprint density at radius 1 is 1.14 bits per heavy atom. The Morgan fingerprint density at radius 2 is 1.92 bits per heavy atom. The summed E-state index contributed by atoms with van der Waals surface area (Å²) in [5.74, 6) is 1.44. The quantitative estimate of drug-likeness (QED) is 0.346. The van der Waals surface area contributed by atoms with Crippen LogP contribution >= 0.6 is 11.6 Å². The van der Waals surface area contributed by atoms with E-state index >= 15 is 0 Å². The van der Waals surface area contributed by atoms with Crippen LogP contribution in [0.3, 0.4) is 0 Å². The van der Waals surface area contributed by atoms with E-state index in [4.69, 9.17) is 21.1 Å². The number of likely N-dealkylation sites (tertiary alicyclic amines) is 1. The van der Waals surface area contributed by atoms with Crippen molar-refractivity contribution in [2.45, 2.75) is 18.9 Å². The maximum Gasteiger partial charge on any atom is 0.334 e. The number of carbonyl (C=O) groups is 1. The summed E-state index contributed by atoms with van der Waals surface area (Å²) in [6.45, 7) is 4.72. The van der Waals surface area contributed by atoms with Crippen LogP contribution in [0.5, 0.6) is 17.2 Å². The van der Waals surface area contributed by atoms with Crippen molar-refractivity contribution in [2.24, 2.45) is 0 Å². The largest absolute Gasteiger partial charge is 0.495 e. The third kappa shape index (κ3) is 4.24. The average molecular weight is 505 g/mol. The Kier molecular flexibility index (Phi) is 6.52. The Labute approximate surface area is 212 Å². The summed E-state index contributed by atoms with van der Waals surface area (Å²) in [6.07, 6.45) is 6.29. The van der Waals surface area contributed by atoms with Gasteiger partial charge in [-0.2, -0.15) is 0 Å². The number of rotatable bonds is 6. The molecule has 1 unspecified atom stereocenters. The monoisotopic (exact) mass is 504 g/mol. The molecule has 0 spiro atoms. The minimum Gasteiger partial charge on any atom is -0.495 e. The lowest BCUT2D eigenvalue weighted by atomic mass is 10.1. The van der Waals surface area contributed by atoms with Crippen molar-refractivity contribution in [3.63, 3.8) is 0 Å². The average Bonchev–Trinajstić information content (AvgIpc) is 3.21. The van der Waals surface area contributed by atoms with E-state index in [1.165, 1.54) is 6.08 Å². The lowest BCUT2D eigenvalue weighted by Crippen LogP contribution is -2.42. The summed E-state index contributed by atoms with van der Waals surface area (Å²) in [4.78, 5) is 32.0. The second kappa shape index (κ2) is 9.91. The number of fused-ring (bicyclic) bond motifs is 1. The second-order valence-electron chi connectivity index (χ2n) is 8.51. The van der Waals surface area contributed by atoms with Gasteiger partial charge in [0.15, 0.2) is 0 Å². The molecule has 1 atom stereocenters. The fourth-order valence-corrected chi connectivity index (χ4v) is 4.92. The molecule has 2 aromatic carbocycles. The highest BCUT2D eigenvalue weighted by molar-refractivity contribution is 6.33. The Morgan fingerprint density at radius 3 is 2.67 bits per heavy atom. The van der Waals surface area contributed by atoms with Crippen molar-refractivity contribution in [3.05, 3.63) is 89.1 Å². The van der Waals surface area contributed by atoms with E-state index in [1.54, 1.807) is 63.9 Å². The highest BCUT2D eigenvalue weighted by Gasteiger charge is 2.27. The van der Waals surface area contributed by atoms with Crippen LogP contribution in [0.15, 0.2) is 78.4 Å². The molecule has 0 saturated carbocycles. The molecule has 3 heterocycles. The minimum atomic E-state index is -0.180. The molecule has 1 aliphatic heterocycles. The summed E-state index contributed by atoms with van der Waals surface area (Å²) < 4.78 is 14.6. The molecule has 8 nitrogen and oxygen atoms in total. The van der Waals surface area contributed by atoms with Crippen LogP contribution in [0.1, 0.15) is 18.9 Å². The number of piperidine rings is 1. The van der Waals surface area contributed by atoms with Crippen LogP contribution in [-0.4, -0.2) is 45.1 Å². The molecule has 0 N–H and O–H groups in total. The molecule has 9 heteroatoms. The molecule has 2 aromatic heterocycles. The first-order valence-electron chi connectivity index (χ1n) is 11.6. The predicted molar refractivity (Wildman–Crippen MR) is 138 cm³/mol. The lowest BCUT2D eigenvalue weighted by Gasteiger charge is -2.32. The number of ether oxygens (including phenoxy) is 2. The van der Waals surface area contributed by atoms with Crippen molar-refractivity contribution >= 4 is 28.5 Å². The van der Waals surface area contributed by atoms with E-state index in [2.05, 4.69) is 11.6 Å². The van der Waals surface area contributed by atoms with Gasteiger partial charge in [0, 0.05) is 19.3 Å². The van der Waals surface area contributed by atoms with Crippen LogP contribution < -0.4 is 15.2 Å². The first-order chi connectivity index (χ1) is 17.5. The zero-order chi connectivity index (χ0) is 25.2. The van der Waals surface area contributed by atoms with Crippen molar-refractivity contribution in [3.8, 4) is 22.9 Å². The summed E-state index contributed by atoms with van der Waals surface area (Å²) in [5, 5.41) is 0.380. The summed E-state index contributed by atoms with van der Waals surface area (Å²) in [6, 6.07) is 14.2. The lowest BCUT2D eigenvalue weighted by molar-refractivity contribution is -0.127. The van der Waals surface area contributed by atoms with E-state index < -0.39 is 0 Å². The van der Waals surface area contributed by atoms with Gasteiger partial charge in [0.25, 0.3) is 0 Å². The molecule has 36 heavy (non-hydrogen) atoms. The molecule has 4 aromatic rings. The van der Waals surface area contributed by atoms with Crippen LogP contribution in [0, 0.1) is 0 Å². The fraction of sp³-hybridized carbons (Fsp3) is 0.222. The van der Waals surface area contributed by atoms with Gasteiger partial charge in [-0.05, 0) is 61.4 Å². The van der Waals surface area contributed by atoms with E-state index in [9.17, 15) is 9.59 Å². The number of carbonyl (C=O) groups excluding carboxylic acids is 1. The van der Waals surface area contributed by atoms with Crippen molar-refractivity contribution in [2.75, 3.05) is 20.2 Å². The molecule has 1 fully saturated rings. The Hall–Kier alpha value is -4.04. The number of pyridine rings is 1. The normalized spacial score (nSPS) is 15.6. The van der Waals surface area contributed by atoms with Gasteiger partial charge < -0.3 is 14.4 Å². The van der Waals surface area contributed by atoms with Gasteiger partial charge in [0.2, 0.25) is 5.91 Å². The number of amides is 1. The second-order valence-corrected chi connectivity index (χ2v) is 8.88. The van der Waals surface area contributed by atoms with Gasteiger partial charge in [0.05, 0.1) is 36.1 Å². The molecule has 1 aliphatic rings.